The average molecular weight is 272 g/mol. The smallest absolute Gasteiger partial charge is 0.143 e. The van der Waals surface area contributed by atoms with Gasteiger partial charge in [0, 0.05) is 13.0 Å². The zero-order valence-electron chi connectivity index (χ0n) is 9.41. The molecule has 0 bridgehead atoms. The summed E-state index contributed by atoms with van der Waals surface area (Å²) in [5.41, 5.74) is 0. The summed E-state index contributed by atoms with van der Waals surface area (Å²) in [7, 11) is 2.07. The highest BCUT2D eigenvalue weighted by molar-refractivity contribution is 9.08. The normalized spacial score (nSPS) is 26.9. The first-order chi connectivity index (χ1) is 7.22. The van der Waals surface area contributed by atoms with Crippen LogP contribution in [0.3, 0.4) is 0 Å². The van der Waals surface area contributed by atoms with E-state index in [0.717, 1.165) is 17.1 Å². The van der Waals surface area contributed by atoms with Crippen LogP contribution in [0.2, 0.25) is 0 Å². The van der Waals surface area contributed by atoms with Crippen LogP contribution in [-0.4, -0.2) is 14.8 Å². The number of alkyl halides is 1. The molecular weight excluding hydrogens is 254 g/mol. The van der Waals surface area contributed by atoms with Crippen molar-refractivity contribution in [1.82, 2.24) is 14.8 Å². The summed E-state index contributed by atoms with van der Waals surface area (Å²) in [4.78, 5) is 0. The summed E-state index contributed by atoms with van der Waals surface area (Å²) in [5.74, 6) is 3.73. The molecule has 0 atom stereocenters. The third-order valence-electron chi connectivity index (χ3n) is 3.50. The van der Waals surface area contributed by atoms with Gasteiger partial charge in [-0.05, 0) is 18.8 Å². The van der Waals surface area contributed by atoms with Crippen molar-refractivity contribution in [3.05, 3.63) is 11.6 Å². The Morgan fingerprint density at radius 2 is 1.93 bits per heavy atom. The van der Waals surface area contributed by atoms with Crippen LogP contribution in [0.15, 0.2) is 0 Å². The fourth-order valence-electron chi connectivity index (χ4n) is 2.37. The maximum atomic E-state index is 4.32. The minimum Gasteiger partial charge on any atom is -0.317 e. The van der Waals surface area contributed by atoms with Crippen LogP contribution in [0.5, 0.6) is 0 Å². The SMILES string of the molecule is CC1CCC(c2nnc(CBr)n2C)CC1. The molecule has 0 radical (unpaired) electrons. The van der Waals surface area contributed by atoms with Crippen LogP contribution in [0.1, 0.15) is 50.2 Å². The summed E-state index contributed by atoms with van der Waals surface area (Å²) < 4.78 is 2.15. The Kier molecular flexibility index (Phi) is 3.44. The molecule has 0 spiro atoms. The average Bonchev–Trinajstić information content (AvgIpc) is 2.61. The first-order valence-electron chi connectivity index (χ1n) is 5.66. The summed E-state index contributed by atoms with van der Waals surface area (Å²) in [6.07, 6.45) is 5.22. The molecule has 0 aliphatic heterocycles. The Morgan fingerprint density at radius 1 is 1.27 bits per heavy atom. The Balaban J connectivity index is 2.12. The molecule has 1 fully saturated rings. The molecule has 0 unspecified atom stereocenters. The van der Waals surface area contributed by atoms with E-state index < -0.39 is 0 Å². The molecule has 0 aromatic carbocycles. The van der Waals surface area contributed by atoms with Gasteiger partial charge in [-0.3, -0.25) is 0 Å². The number of rotatable bonds is 2. The molecule has 0 saturated heterocycles. The van der Waals surface area contributed by atoms with Crippen LogP contribution < -0.4 is 0 Å². The lowest BCUT2D eigenvalue weighted by Crippen LogP contribution is -2.14. The Hall–Kier alpha value is -0.380. The third kappa shape index (κ3) is 2.25. The maximum Gasteiger partial charge on any atom is 0.143 e. The lowest BCUT2D eigenvalue weighted by molar-refractivity contribution is 0.335. The molecule has 1 aliphatic rings. The van der Waals surface area contributed by atoms with E-state index in [0.29, 0.717) is 5.92 Å². The fourth-order valence-corrected chi connectivity index (χ4v) is 2.85. The highest BCUT2D eigenvalue weighted by Gasteiger charge is 2.24. The molecular formula is C11H18BrN3. The predicted molar refractivity (Wildman–Crippen MR) is 64.0 cm³/mol. The van der Waals surface area contributed by atoms with Gasteiger partial charge in [-0.25, -0.2) is 0 Å². The second-order valence-corrected chi connectivity index (χ2v) is 5.18. The van der Waals surface area contributed by atoms with E-state index in [4.69, 9.17) is 0 Å². The Labute approximate surface area is 99.4 Å². The molecule has 1 aliphatic carbocycles. The van der Waals surface area contributed by atoms with E-state index in [2.05, 4.69) is 44.7 Å². The summed E-state index contributed by atoms with van der Waals surface area (Å²) in [5, 5.41) is 9.30. The van der Waals surface area contributed by atoms with Gasteiger partial charge >= 0.3 is 0 Å². The minimum absolute atomic E-state index is 0.631. The minimum atomic E-state index is 0.631. The molecule has 15 heavy (non-hydrogen) atoms. The zero-order chi connectivity index (χ0) is 10.8. The topological polar surface area (TPSA) is 30.7 Å². The van der Waals surface area contributed by atoms with E-state index in [1.807, 2.05) is 0 Å². The quantitative estimate of drug-likeness (QED) is 0.775. The van der Waals surface area contributed by atoms with Gasteiger partial charge in [0.25, 0.3) is 0 Å². The van der Waals surface area contributed by atoms with Crippen molar-refractivity contribution in [1.29, 1.82) is 0 Å². The van der Waals surface area contributed by atoms with Crippen molar-refractivity contribution >= 4 is 15.9 Å². The molecule has 1 saturated carbocycles. The molecule has 1 aromatic rings. The van der Waals surface area contributed by atoms with Crippen LogP contribution in [0.25, 0.3) is 0 Å². The van der Waals surface area contributed by atoms with Gasteiger partial charge < -0.3 is 4.57 Å². The van der Waals surface area contributed by atoms with Crippen molar-refractivity contribution < 1.29 is 0 Å². The van der Waals surface area contributed by atoms with Gasteiger partial charge in [0.05, 0.1) is 5.33 Å². The second kappa shape index (κ2) is 4.64. The molecule has 2 rings (SSSR count). The highest BCUT2D eigenvalue weighted by Crippen LogP contribution is 2.34. The predicted octanol–water partition coefficient (Wildman–Crippen LogP) is 3.00. The standard InChI is InChI=1S/C11H18BrN3/c1-8-3-5-9(6-4-8)11-14-13-10(7-12)15(11)2/h8-9H,3-7H2,1-2H3. The van der Waals surface area contributed by atoms with Crippen LogP contribution in [0, 0.1) is 5.92 Å². The summed E-state index contributed by atoms with van der Waals surface area (Å²) in [6, 6.07) is 0. The van der Waals surface area contributed by atoms with Gasteiger partial charge in [0.2, 0.25) is 0 Å². The maximum absolute atomic E-state index is 4.32. The van der Waals surface area contributed by atoms with Gasteiger partial charge in [-0.15, -0.1) is 10.2 Å². The van der Waals surface area contributed by atoms with E-state index in [9.17, 15) is 0 Å². The van der Waals surface area contributed by atoms with Gasteiger partial charge in [-0.2, -0.15) is 0 Å². The van der Waals surface area contributed by atoms with E-state index >= 15 is 0 Å². The second-order valence-electron chi connectivity index (χ2n) is 4.62. The lowest BCUT2D eigenvalue weighted by atomic mass is 9.82. The highest BCUT2D eigenvalue weighted by atomic mass is 79.9. The van der Waals surface area contributed by atoms with Crippen molar-refractivity contribution in [2.45, 2.75) is 43.9 Å². The van der Waals surface area contributed by atoms with Crippen LogP contribution >= 0.6 is 15.9 Å². The number of halogens is 1. The van der Waals surface area contributed by atoms with Crippen molar-refractivity contribution in [2.24, 2.45) is 13.0 Å². The number of hydrogen-bond acceptors (Lipinski definition) is 2. The van der Waals surface area contributed by atoms with Gasteiger partial charge in [-0.1, -0.05) is 35.7 Å². The molecule has 1 heterocycles. The van der Waals surface area contributed by atoms with Crippen molar-refractivity contribution in [2.75, 3.05) is 0 Å². The lowest BCUT2D eigenvalue weighted by Gasteiger charge is -2.25. The van der Waals surface area contributed by atoms with Gasteiger partial charge in [0.1, 0.15) is 11.6 Å². The molecule has 4 heteroatoms. The fraction of sp³-hybridized carbons (Fsp3) is 0.818. The third-order valence-corrected chi connectivity index (χ3v) is 4.00. The summed E-state index contributed by atoms with van der Waals surface area (Å²) in [6.45, 7) is 2.34. The van der Waals surface area contributed by atoms with E-state index in [1.54, 1.807) is 0 Å². The van der Waals surface area contributed by atoms with Crippen LogP contribution in [-0.2, 0) is 12.4 Å². The van der Waals surface area contributed by atoms with E-state index in [1.165, 1.54) is 31.5 Å². The largest absolute Gasteiger partial charge is 0.317 e. The van der Waals surface area contributed by atoms with Crippen LogP contribution in [0.4, 0.5) is 0 Å². The molecule has 0 amide bonds. The first-order valence-corrected chi connectivity index (χ1v) is 6.78. The van der Waals surface area contributed by atoms with E-state index in [-0.39, 0.29) is 0 Å². The Bertz CT molecular complexity index is 327. The zero-order valence-corrected chi connectivity index (χ0v) is 11.0. The number of hydrogen-bond donors (Lipinski definition) is 0. The molecule has 1 aromatic heterocycles. The van der Waals surface area contributed by atoms with Crippen molar-refractivity contribution in [3.8, 4) is 0 Å². The number of aromatic nitrogens is 3. The summed E-state index contributed by atoms with van der Waals surface area (Å²) >= 11 is 3.43. The molecule has 3 nitrogen and oxygen atoms in total. The van der Waals surface area contributed by atoms with Crippen molar-refractivity contribution in [3.63, 3.8) is 0 Å². The molecule has 84 valence electrons. The Morgan fingerprint density at radius 3 is 2.47 bits per heavy atom. The monoisotopic (exact) mass is 271 g/mol. The molecule has 0 N–H and O–H groups in total. The number of nitrogens with zero attached hydrogens (tertiary/aromatic N) is 3. The van der Waals surface area contributed by atoms with Gasteiger partial charge in [0.15, 0.2) is 0 Å². The first kappa shape index (κ1) is 11.1.